The first kappa shape index (κ1) is 15.7. The molecule has 0 fully saturated rings. The van der Waals surface area contributed by atoms with Crippen LogP contribution in [0.4, 0.5) is 0 Å². The van der Waals surface area contributed by atoms with Crippen molar-refractivity contribution in [3.8, 4) is 0 Å². The fourth-order valence-corrected chi connectivity index (χ4v) is 3.03. The van der Waals surface area contributed by atoms with Crippen LogP contribution < -0.4 is 5.32 Å². The van der Waals surface area contributed by atoms with E-state index in [1.807, 2.05) is 0 Å². The normalized spacial score (nSPS) is 17.9. The van der Waals surface area contributed by atoms with Gasteiger partial charge < -0.3 is 15.2 Å². The van der Waals surface area contributed by atoms with Gasteiger partial charge in [0.25, 0.3) is 0 Å². The number of carbonyl (C=O) groups excluding carboxylic acids is 1. The van der Waals surface area contributed by atoms with Gasteiger partial charge in [-0.25, -0.2) is 14.2 Å². The molecule has 0 aliphatic carbocycles. The van der Waals surface area contributed by atoms with E-state index >= 15 is 0 Å². The minimum atomic E-state index is -1.13. The van der Waals surface area contributed by atoms with Crippen LogP contribution >= 0.6 is 0 Å². The number of methoxy groups -OCH3 is 1. The molecule has 24 heavy (non-hydrogen) atoms. The largest absolute Gasteiger partial charge is 0.478 e. The van der Waals surface area contributed by atoms with Crippen molar-refractivity contribution in [2.45, 2.75) is 19.8 Å². The van der Waals surface area contributed by atoms with Crippen LogP contribution in [0.25, 0.3) is 11.0 Å². The topological polar surface area (TPSA) is 115 Å². The molecule has 2 heterocycles. The number of nitrogens with zero attached hydrogens (tertiary/aromatic N) is 2. The zero-order valence-corrected chi connectivity index (χ0v) is 13.3. The Hall–Kier alpha value is -3.16. The lowest BCUT2D eigenvalue weighted by Gasteiger charge is -2.29. The summed E-state index contributed by atoms with van der Waals surface area (Å²) in [6.45, 7) is 3.35. The number of carboxylic acid groups (broad SMARTS) is 1. The van der Waals surface area contributed by atoms with Gasteiger partial charge in [0.1, 0.15) is 11.0 Å². The van der Waals surface area contributed by atoms with Gasteiger partial charge in [-0.3, -0.25) is 0 Å². The molecule has 1 atom stereocenters. The fourth-order valence-electron chi connectivity index (χ4n) is 3.03. The number of esters is 1. The van der Waals surface area contributed by atoms with Crippen molar-refractivity contribution in [3.63, 3.8) is 0 Å². The third kappa shape index (κ3) is 2.32. The first-order valence-corrected chi connectivity index (χ1v) is 7.17. The number of aliphatic carboxylic acids is 1. The molecule has 124 valence electrons. The Kier molecular flexibility index (Phi) is 3.80. The summed E-state index contributed by atoms with van der Waals surface area (Å²) in [6, 6.07) is 5.11. The summed E-state index contributed by atoms with van der Waals surface area (Å²) in [5.74, 6) is -2.58. The molecule has 8 heteroatoms. The molecule has 0 saturated heterocycles. The maximum atomic E-state index is 12.3. The van der Waals surface area contributed by atoms with E-state index in [2.05, 4.69) is 15.6 Å². The van der Waals surface area contributed by atoms with Crippen LogP contribution in [-0.4, -0.2) is 34.5 Å². The Bertz CT molecular complexity index is 909. The van der Waals surface area contributed by atoms with Gasteiger partial charge in [-0.2, -0.15) is 0 Å². The number of hydrogen-bond acceptors (Lipinski definition) is 7. The molecule has 8 nitrogen and oxygen atoms in total. The van der Waals surface area contributed by atoms with Crippen LogP contribution in [0.15, 0.2) is 45.4 Å². The molecular formula is C16H15N3O5. The van der Waals surface area contributed by atoms with E-state index in [9.17, 15) is 14.7 Å². The second kappa shape index (κ2) is 5.80. The van der Waals surface area contributed by atoms with Crippen molar-refractivity contribution in [2.75, 3.05) is 7.11 Å². The molecule has 2 N–H and O–H groups in total. The van der Waals surface area contributed by atoms with E-state index in [0.717, 1.165) is 0 Å². The molecule has 0 unspecified atom stereocenters. The van der Waals surface area contributed by atoms with Crippen molar-refractivity contribution < 1.29 is 24.1 Å². The van der Waals surface area contributed by atoms with Crippen LogP contribution in [0.1, 0.15) is 25.3 Å². The van der Waals surface area contributed by atoms with E-state index in [4.69, 9.17) is 9.37 Å². The van der Waals surface area contributed by atoms with Gasteiger partial charge in [-0.1, -0.05) is 12.1 Å². The minimum Gasteiger partial charge on any atom is -0.478 e. The average Bonchev–Trinajstić information content (AvgIpc) is 3.01. The SMILES string of the molecule is COC(=O)C1=C(C)NC(C)=C(C(=O)O)[C@H]1c1cccc2nonc12. The highest BCUT2D eigenvalue weighted by Crippen LogP contribution is 2.40. The fraction of sp³-hybridized carbons (Fsp3) is 0.250. The number of hydrogen-bond donors (Lipinski definition) is 2. The number of allylic oxidation sites excluding steroid dienone is 2. The quantitative estimate of drug-likeness (QED) is 0.818. The summed E-state index contributed by atoms with van der Waals surface area (Å²) < 4.78 is 9.61. The van der Waals surface area contributed by atoms with Crippen LogP contribution in [0.2, 0.25) is 0 Å². The Morgan fingerprint density at radius 3 is 2.58 bits per heavy atom. The average molecular weight is 329 g/mol. The number of ether oxygens (including phenoxy) is 1. The molecular weight excluding hydrogens is 314 g/mol. The molecule has 2 aromatic rings. The molecule has 0 saturated carbocycles. The van der Waals surface area contributed by atoms with E-state index in [-0.39, 0.29) is 11.1 Å². The summed E-state index contributed by atoms with van der Waals surface area (Å²) in [5.41, 5.74) is 2.66. The van der Waals surface area contributed by atoms with Crippen molar-refractivity contribution >= 4 is 23.0 Å². The van der Waals surface area contributed by atoms with Gasteiger partial charge in [0.05, 0.1) is 24.2 Å². The highest BCUT2D eigenvalue weighted by atomic mass is 16.6. The first-order valence-electron chi connectivity index (χ1n) is 7.17. The molecule has 0 spiro atoms. The highest BCUT2D eigenvalue weighted by molar-refractivity contribution is 6.00. The van der Waals surface area contributed by atoms with Gasteiger partial charge in [-0.05, 0) is 35.8 Å². The lowest BCUT2D eigenvalue weighted by atomic mass is 9.80. The number of benzene rings is 1. The Morgan fingerprint density at radius 1 is 1.21 bits per heavy atom. The lowest BCUT2D eigenvalue weighted by molar-refractivity contribution is -0.136. The number of rotatable bonds is 3. The summed E-state index contributed by atoms with van der Waals surface area (Å²) in [7, 11) is 1.25. The maximum Gasteiger partial charge on any atom is 0.336 e. The molecule has 1 aromatic carbocycles. The predicted octanol–water partition coefficient (Wildman–Crippen LogP) is 1.72. The monoisotopic (exact) mass is 329 g/mol. The van der Waals surface area contributed by atoms with Crippen LogP contribution in [0.3, 0.4) is 0 Å². The van der Waals surface area contributed by atoms with Gasteiger partial charge in [-0.15, -0.1) is 0 Å². The van der Waals surface area contributed by atoms with Crippen LogP contribution in [-0.2, 0) is 14.3 Å². The number of nitrogens with one attached hydrogen (secondary N) is 1. The van der Waals surface area contributed by atoms with E-state index < -0.39 is 17.9 Å². The molecule has 1 aliphatic heterocycles. The van der Waals surface area contributed by atoms with Crippen molar-refractivity contribution in [3.05, 3.63) is 46.3 Å². The van der Waals surface area contributed by atoms with E-state index in [0.29, 0.717) is 28.0 Å². The Labute approximate surface area is 136 Å². The lowest BCUT2D eigenvalue weighted by Crippen LogP contribution is -2.31. The summed E-state index contributed by atoms with van der Waals surface area (Å²) in [6.07, 6.45) is 0. The van der Waals surface area contributed by atoms with Crippen LogP contribution in [0, 0.1) is 0 Å². The maximum absolute atomic E-state index is 12.3. The standard InChI is InChI=1S/C16H15N3O5/c1-7-11(15(20)21)13(12(8(2)17-7)16(22)23-3)9-5-4-6-10-14(9)19-24-18-10/h4-6,13,17H,1-3H3,(H,20,21)/t13-/m1/s1. The number of carboxylic acids is 1. The van der Waals surface area contributed by atoms with Crippen molar-refractivity contribution in [1.82, 2.24) is 15.6 Å². The second-order valence-corrected chi connectivity index (χ2v) is 5.41. The molecule has 1 aliphatic rings. The zero-order chi connectivity index (χ0) is 17.4. The highest BCUT2D eigenvalue weighted by Gasteiger charge is 2.38. The summed E-state index contributed by atoms with van der Waals surface area (Å²) >= 11 is 0. The molecule has 0 amide bonds. The molecule has 0 radical (unpaired) electrons. The second-order valence-electron chi connectivity index (χ2n) is 5.41. The third-order valence-electron chi connectivity index (χ3n) is 4.02. The molecule has 3 rings (SSSR count). The number of aromatic nitrogens is 2. The van der Waals surface area contributed by atoms with Gasteiger partial charge >= 0.3 is 11.9 Å². The Morgan fingerprint density at radius 2 is 1.92 bits per heavy atom. The Balaban J connectivity index is 2.32. The summed E-state index contributed by atoms with van der Waals surface area (Å²) in [5, 5.41) is 20.3. The van der Waals surface area contributed by atoms with Gasteiger partial charge in [0.2, 0.25) is 0 Å². The van der Waals surface area contributed by atoms with Gasteiger partial charge in [0, 0.05) is 11.4 Å². The number of dihydropyridines is 1. The van der Waals surface area contributed by atoms with E-state index in [1.165, 1.54) is 7.11 Å². The van der Waals surface area contributed by atoms with Crippen LogP contribution in [0.5, 0.6) is 0 Å². The van der Waals surface area contributed by atoms with Gasteiger partial charge in [0.15, 0.2) is 0 Å². The van der Waals surface area contributed by atoms with E-state index in [1.54, 1.807) is 32.0 Å². The smallest absolute Gasteiger partial charge is 0.336 e. The molecule has 0 bridgehead atoms. The minimum absolute atomic E-state index is 0.0523. The number of fused-ring (bicyclic) bond motifs is 1. The number of carbonyl (C=O) groups is 2. The predicted molar refractivity (Wildman–Crippen MR) is 82.7 cm³/mol. The summed E-state index contributed by atoms with van der Waals surface area (Å²) in [4.78, 5) is 24.2. The third-order valence-corrected chi connectivity index (χ3v) is 4.02. The van der Waals surface area contributed by atoms with Crippen molar-refractivity contribution in [1.29, 1.82) is 0 Å². The first-order chi connectivity index (χ1) is 11.5. The van der Waals surface area contributed by atoms with Crippen molar-refractivity contribution in [2.24, 2.45) is 0 Å². The molecule has 1 aromatic heterocycles. The zero-order valence-electron chi connectivity index (χ0n) is 13.3.